The third-order valence-corrected chi connectivity index (χ3v) is 2.19. The Morgan fingerprint density at radius 3 is 2.93 bits per heavy atom. The number of pyridine rings is 1. The summed E-state index contributed by atoms with van der Waals surface area (Å²) in [6.07, 6.45) is 6.95. The van der Waals surface area contributed by atoms with E-state index < -0.39 is 0 Å². The molecule has 1 heterocycles. The number of hydrogen-bond donors (Lipinski definition) is 1. The first-order valence-corrected chi connectivity index (χ1v) is 4.82. The van der Waals surface area contributed by atoms with Crippen molar-refractivity contribution in [3.63, 3.8) is 0 Å². The van der Waals surface area contributed by atoms with Crippen molar-refractivity contribution in [3.8, 4) is 12.3 Å². The lowest BCUT2D eigenvalue weighted by Gasteiger charge is -2.14. The zero-order chi connectivity index (χ0) is 10.4. The van der Waals surface area contributed by atoms with Gasteiger partial charge in [0.15, 0.2) is 0 Å². The van der Waals surface area contributed by atoms with Crippen LogP contribution in [0.3, 0.4) is 0 Å². The van der Waals surface area contributed by atoms with E-state index in [9.17, 15) is 0 Å². The highest BCUT2D eigenvalue weighted by atomic mass is 14.9. The predicted molar refractivity (Wildman–Crippen MR) is 58.8 cm³/mol. The highest BCUT2D eigenvalue weighted by molar-refractivity contribution is 5.13. The van der Waals surface area contributed by atoms with E-state index in [2.05, 4.69) is 16.2 Å². The number of nitrogens with one attached hydrogen (secondary N) is 1. The van der Waals surface area contributed by atoms with Gasteiger partial charge in [0.2, 0.25) is 0 Å². The monoisotopic (exact) mass is 188 g/mol. The van der Waals surface area contributed by atoms with Crippen LogP contribution in [0.25, 0.3) is 0 Å². The summed E-state index contributed by atoms with van der Waals surface area (Å²) < 4.78 is 0. The molecule has 1 rings (SSSR count). The van der Waals surface area contributed by atoms with Gasteiger partial charge in [-0.2, -0.15) is 0 Å². The molecule has 1 aromatic heterocycles. The molecular formula is C12H16N2. The second-order valence-electron chi connectivity index (χ2n) is 3.29. The van der Waals surface area contributed by atoms with Crippen LogP contribution in [0.5, 0.6) is 0 Å². The van der Waals surface area contributed by atoms with Gasteiger partial charge in [0.1, 0.15) is 0 Å². The second-order valence-corrected chi connectivity index (χ2v) is 3.29. The molecule has 74 valence electrons. The fourth-order valence-electron chi connectivity index (χ4n) is 1.43. The van der Waals surface area contributed by atoms with Crippen LogP contribution in [0, 0.1) is 19.3 Å². The van der Waals surface area contributed by atoms with Crippen molar-refractivity contribution in [2.75, 3.05) is 7.05 Å². The quantitative estimate of drug-likeness (QED) is 0.732. The van der Waals surface area contributed by atoms with Crippen LogP contribution < -0.4 is 5.32 Å². The molecule has 0 saturated heterocycles. The molecule has 1 unspecified atom stereocenters. The SMILES string of the molecule is C#CCCC(NC)c1cccc(C)n1. The maximum Gasteiger partial charge on any atom is 0.0576 e. The summed E-state index contributed by atoms with van der Waals surface area (Å²) in [5.74, 6) is 2.65. The van der Waals surface area contributed by atoms with Gasteiger partial charge in [-0.05, 0) is 32.5 Å². The van der Waals surface area contributed by atoms with Crippen molar-refractivity contribution in [2.45, 2.75) is 25.8 Å². The number of terminal acetylenes is 1. The van der Waals surface area contributed by atoms with Crippen molar-refractivity contribution in [2.24, 2.45) is 0 Å². The lowest BCUT2D eigenvalue weighted by molar-refractivity contribution is 0.543. The Bertz CT molecular complexity index is 325. The number of rotatable bonds is 4. The third kappa shape index (κ3) is 2.86. The van der Waals surface area contributed by atoms with Crippen molar-refractivity contribution < 1.29 is 0 Å². The average Bonchev–Trinajstić information content (AvgIpc) is 2.19. The minimum absolute atomic E-state index is 0.269. The average molecular weight is 188 g/mol. The number of aromatic nitrogens is 1. The van der Waals surface area contributed by atoms with Gasteiger partial charge < -0.3 is 5.32 Å². The Labute approximate surface area is 85.8 Å². The molecule has 0 saturated carbocycles. The smallest absolute Gasteiger partial charge is 0.0576 e. The van der Waals surface area contributed by atoms with Crippen molar-refractivity contribution in [1.29, 1.82) is 0 Å². The van der Waals surface area contributed by atoms with Crippen molar-refractivity contribution >= 4 is 0 Å². The summed E-state index contributed by atoms with van der Waals surface area (Å²) in [5.41, 5.74) is 2.12. The van der Waals surface area contributed by atoms with Gasteiger partial charge in [0.25, 0.3) is 0 Å². The summed E-state index contributed by atoms with van der Waals surface area (Å²) >= 11 is 0. The van der Waals surface area contributed by atoms with Crippen molar-refractivity contribution in [3.05, 3.63) is 29.6 Å². The summed E-state index contributed by atoms with van der Waals surface area (Å²) in [6.45, 7) is 2.00. The zero-order valence-electron chi connectivity index (χ0n) is 8.75. The fourth-order valence-corrected chi connectivity index (χ4v) is 1.43. The van der Waals surface area contributed by atoms with Gasteiger partial charge in [-0.25, -0.2) is 0 Å². The Balaban J connectivity index is 2.74. The van der Waals surface area contributed by atoms with Crippen LogP contribution in [-0.4, -0.2) is 12.0 Å². The minimum Gasteiger partial charge on any atom is -0.312 e. The topological polar surface area (TPSA) is 24.9 Å². The van der Waals surface area contributed by atoms with Gasteiger partial charge in [-0.1, -0.05) is 6.07 Å². The maximum atomic E-state index is 5.24. The molecule has 0 radical (unpaired) electrons. The zero-order valence-corrected chi connectivity index (χ0v) is 8.75. The molecule has 0 aliphatic rings. The van der Waals surface area contributed by atoms with E-state index in [0.717, 1.165) is 24.2 Å². The third-order valence-electron chi connectivity index (χ3n) is 2.19. The summed E-state index contributed by atoms with van der Waals surface area (Å²) in [4.78, 5) is 4.47. The van der Waals surface area contributed by atoms with Crippen LogP contribution in [0.15, 0.2) is 18.2 Å². The van der Waals surface area contributed by atoms with Gasteiger partial charge in [-0.3, -0.25) is 4.98 Å². The maximum absolute atomic E-state index is 5.24. The van der Waals surface area contributed by atoms with E-state index in [4.69, 9.17) is 6.42 Å². The lowest BCUT2D eigenvalue weighted by atomic mass is 10.1. The minimum atomic E-state index is 0.269. The van der Waals surface area contributed by atoms with Crippen LogP contribution in [0.4, 0.5) is 0 Å². The molecule has 0 amide bonds. The highest BCUT2D eigenvalue weighted by Crippen LogP contribution is 2.15. The Morgan fingerprint density at radius 2 is 2.36 bits per heavy atom. The molecule has 0 aliphatic heterocycles. The molecular weight excluding hydrogens is 172 g/mol. The van der Waals surface area contributed by atoms with Gasteiger partial charge in [0, 0.05) is 12.1 Å². The number of hydrogen-bond acceptors (Lipinski definition) is 2. The van der Waals surface area contributed by atoms with E-state index in [-0.39, 0.29) is 6.04 Å². The van der Waals surface area contributed by atoms with E-state index in [0.29, 0.717) is 0 Å². The van der Waals surface area contributed by atoms with Gasteiger partial charge in [-0.15, -0.1) is 12.3 Å². The predicted octanol–water partition coefficient (Wildman–Crippen LogP) is 2.06. The molecule has 2 heteroatoms. The van der Waals surface area contributed by atoms with Crippen molar-refractivity contribution in [1.82, 2.24) is 10.3 Å². The molecule has 0 fully saturated rings. The summed E-state index contributed by atoms with van der Waals surface area (Å²) in [6, 6.07) is 6.32. The molecule has 0 aliphatic carbocycles. The first kappa shape index (κ1) is 10.7. The molecule has 0 spiro atoms. The standard InChI is InChI=1S/C12H16N2/c1-4-5-8-11(13-3)12-9-6-7-10(2)14-12/h1,6-7,9,11,13H,5,8H2,2-3H3. The molecule has 1 N–H and O–H groups in total. The van der Waals surface area contributed by atoms with Crippen LogP contribution in [0.1, 0.15) is 30.3 Å². The summed E-state index contributed by atoms with van der Waals surface area (Å²) in [7, 11) is 1.94. The van der Waals surface area contributed by atoms with E-state index in [1.54, 1.807) is 0 Å². The number of nitrogens with zero attached hydrogens (tertiary/aromatic N) is 1. The van der Waals surface area contributed by atoms with Crippen LogP contribution in [0.2, 0.25) is 0 Å². The first-order valence-electron chi connectivity index (χ1n) is 4.82. The molecule has 0 aromatic carbocycles. The largest absolute Gasteiger partial charge is 0.312 e. The van der Waals surface area contributed by atoms with Gasteiger partial charge >= 0.3 is 0 Å². The molecule has 14 heavy (non-hydrogen) atoms. The van der Waals surface area contributed by atoms with Gasteiger partial charge in [0.05, 0.1) is 11.7 Å². The van der Waals surface area contributed by atoms with E-state index >= 15 is 0 Å². The molecule has 0 bridgehead atoms. The molecule has 1 atom stereocenters. The Kier molecular flexibility index (Phi) is 4.15. The van der Waals surface area contributed by atoms with Crippen LogP contribution in [-0.2, 0) is 0 Å². The fraction of sp³-hybridized carbons (Fsp3) is 0.417. The molecule has 2 nitrogen and oxygen atoms in total. The normalized spacial score (nSPS) is 12.1. The molecule has 1 aromatic rings. The van der Waals surface area contributed by atoms with E-state index in [1.165, 1.54) is 0 Å². The Hall–Kier alpha value is -1.33. The summed E-state index contributed by atoms with van der Waals surface area (Å²) in [5, 5.41) is 3.22. The highest BCUT2D eigenvalue weighted by Gasteiger charge is 2.08. The second kappa shape index (κ2) is 5.41. The Morgan fingerprint density at radius 1 is 1.57 bits per heavy atom. The van der Waals surface area contributed by atoms with Crippen LogP contribution >= 0.6 is 0 Å². The first-order chi connectivity index (χ1) is 6.77. The van der Waals surface area contributed by atoms with E-state index in [1.807, 2.05) is 32.2 Å². The number of aryl methyl sites for hydroxylation is 1. The lowest BCUT2D eigenvalue weighted by Crippen LogP contribution is -2.17.